The minimum absolute atomic E-state index is 0.0760. The third-order valence-electron chi connectivity index (χ3n) is 3.45. The third kappa shape index (κ3) is 3.67. The first kappa shape index (κ1) is 20.5. The third-order valence-corrected chi connectivity index (χ3v) is 5.28. The molecule has 0 aromatic heterocycles. The Morgan fingerprint density at radius 1 is 0.704 bits per heavy atom. The second kappa shape index (κ2) is 6.11. The fraction of sp³-hybridized carbons (Fsp3) is 0.143. The first-order valence-corrected chi connectivity index (χ1v) is 8.19. The Kier molecular flexibility index (Phi) is 4.64. The molecular formula is C14H10F6N2O4S. The second-order valence-electron chi connectivity index (χ2n) is 5.31. The summed E-state index contributed by atoms with van der Waals surface area (Å²) in [4.78, 5) is -3.34. The molecule has 6 N–H and O–H groups in total. The van der Waals surface area contributed by atoms with E-state index in [4.69, 9.17) is 11.5 Å². The lowest BCUT2D eigenvalue weighted by atomic mass is 10.1. The van der Waals surface area contributed by atoms with E-state index in [9.17, 15) is 45.0 Å². The molecule has 0 fully saturated rings. The molecule has 0 aliphatic heterocycles. The lowest BCUT2D eigenvalue weighted by Gasteiger charge is -2.18. The van der Waals surface area contributed by atoms with Gasteiger partial charge in [0.05, 0.1) is 32.3 Å². The Morgan fingerprint density at radius 2 is 1.00 bits per heavy atom. The van der Waals surface area contributed by atoms with Gasteiger partial charge >= 0.3 is 12.4 Å². The number of phenols is 2. The van der Waals surface area contributed by atoms with Crippen LogP contribution in [0, 0.1) is 0 Å². The van der Waals surface area contributed by atoms with E-state index in [-0.39, 0.29) is 24.3 Å². The Morgan fingerprint density at radius 3 is 1.26 bits per heavy atom. The molecule has 0 bridgehead atoms. The van der Waals surface area contributed by atoms with E-state index in [0.717, 1.165) is 0 Å². The number of hydrogen-bond donors (Lipinski definition) is 4. The van der Waals surface area contributed by atoms with Crippen molar-refractivity contribution in [2.45, 2.75) is 22.1 Å². The van der Waals surface area contributed by atoms with Crippen LogP contribution in [-0.2, 0) is 22.2 Å². The zero-order chi connectivity index (χ0) is 20.9. The monoisotopic (exact) mass is 416 g/mol. The molecule has 0 atom stereocenters. The maximum atomic E-state index is 13.2. The van der Waals surface area contributed by atoms with Crippen LogP contribution < -0.4 is 11.5 Å². The molecule has 2 aromatic carbocycles. The topological polar surface area (TPSA) is 127 Å². The van der Waals surface area contributed by atoms with Crippen molar-refractivity contribution in [1.82, 2.24) is 0 Å². The van der Waals surface area contributed by atoms with Crippen molar-refractivity contribution < 1.29 is 45.0 Å². The van der Waals surface area contributed by atoms with Crippen LogP contribution in [0.4, 0.5) is 37.7 Å². The van der Waals surface area contributed by atoms with Gasteiger partial charge in [-0.2, -0.15) is 26.3 Å². The number of halogens is 6. The van der Waals surface area contributed by atoms with Gasteiger partial charge in [-0.15, -0.1) is 0 Å². The van der Waals surface area contributed by atoms with E-state index >= 15 is 0 Å². The molecular weight excluding hydrogens is 406 g/mol. The fourth-order valence-electron chi connectivity index (χ4n) is 2.18. The molecule has 0 saturated heterocycles. The smallest absolute Gasteiger partial charge is 0.417 e. The van der Waals surface area contributed by atoms with Gasteiger partial charge in [0.2, 0.25) is 9.84 Å². The van der Waals surface area contributed by atoms with Crippen molar-refractivity contribution in [3.63, 3.8) is 0 Å². The Labute approximate surface area is 147 Å². The summed E-state index contributed by atoms with van der Waals surface area (Å²) in [6.07, 6.45) is -10.6. The van der Waals surface area contributed by atoms with E-state index in [1.54, 1.807) is 0 Å². The zero-order valence-electron chi connectivity index (χ0n) is 12.9. The number of sulfone groups is 1. The maximum absolute atomic E-state index is 13.2. The minimum Gasteiger partial charge on any atom is -0.506 e. The molecule has 6 nitrogen and oxygen atoms in total. The standard InChI is InChI=1S/C14H10F6N2O4S/c15-13(16,17)5-1-7(21)9(23)3-11(5)27(25,26)12-4-10(24)8(22)2-6(12)14(18,19)20/h1-4,23-24H,21-22H2. The number of nitrogens with two attached hydrogens (primary N) is 2. The number of nitrogen functional groups attached to an aromatic ring is 2. The molecule has 0 unspecified atom stereocenters. The largest absolute Gasteiger partial charge is 0.506 e. The quantitative estimate of drug-likeness (QED) is 0.339. The van der Waals surface area contributed by atoms with Crippen molar-refractivity contribution in [2.75, 3.05) is 11.5 Å². The van der Waals surface area contributed by atoms with Crippen LogP contribution in [0.2, 0.25) is 0 Å². The average Bonchev–Trinajstić information content (AvgIpc) is 2.49. The van der Waals surface area contributed by atoms with Crippen molar-refractivity contribution in [3.05, 3.63) is 35.4 Å². The number of hydrogen-bond acceptors (Lipinski definition) is 6. The second-order valence-corrected chi connectivity index (χ2v) is 7.20. The number of rotatable bonds is 2. The highest BCUT2D eigenvalue weighted by atomic mass is 32.2. The summed E-state index contributed by atoms with van der Waals surface area (Å²) in [5.74, 6) is -2.18. The number of alkyl halides is 6. The number of benzene rings is 2. The van der Waals surface area contributed by atoms with E-state index in [0.29, 0.717) is 0 Å². The zero-order valence-corrected chi connectivity index (χ0v) is 13.7. The molecule has 0 amide bonds. The predicted molar refractivity (Wildman–Crippen MR) is 80.5 cm³/mol. The van der Waals surface area contributed by atoms with Crippen LogP contribution in [0.3, 0.4) is 0 Å². The van der Waals surface area contributed by atoms with Gasteiger partial charge in [-0.25, -0.2) is 8.42 Å². The first-order chi connectivity index (χ1) is 12.1. The van der Waals surface area contributed by atoms with Crippen LogP contribution >= 0.6 is 0 Å². The Balaban J connectivity index is 2.94. The highest BCUT2D eigenvalue weighted by Gasteiger charge is 2.43. The summed E-state index contributed by atoms with van der Waals surface area (Å²) >= 11 is 0. The Hall–Kier alpha value is -2.83. The molecule has 0 radical (unpaired) electrons. The van der Waals surface area contributed by atoms with Crippen LogP contribution in [0.1, 0.15) is 11.1 Å². The molecule has 0 aliphatic rings. The van der Waals surface area contributed by atoms with E-state index in [1.165, 1.54) is 0 Å². The molecule has 2 aromatic rings. The molecule has 0 spiro atoms. The summed E-state index contributed by atoms with van der Waals surface area (Å²) in [7, 11) is -5.52. The molecule has 0 heterocycles. The SMILES string of the molecule is Nc1cc(C(F)(F)F)c(S(=O)(=O)c2cc(O)c(N)cc2C(F)(F)F)cc1O. The predicted octanol–water partition coefficient (Wildman–Crippen LogP) is 3.13. The lowest BCUT2D eigenvalue weighted by Crippen LogP contribution is -2.18. The fourth-order valence-corrected chi connectivity index (χ4v) is 3.88. The van der Waals surface area contributed by atoms with Crippen LogP contribution in [0.5, 0.6) is 11.5 Å². The van der Waals surface area contributed by atoms with Gasteiger partial charge in [0.25, 0.3) is 0 Å². The van der Waals surface area contributed by atoms with Crippen molar-refractivity contribution in [3.8, 4) is 11.5 Å². The van der Waals surface area contributed by atoms with Crippen LogP contribution in [0.25, 0.3) is 0 Å². The molecule has 2 rings (SSSR count). The van der Waals surface area contributed by atoms with Crippen LogP contribution in [-0.4, -0.2) is 18.6 Å². The number of anilines is 2. The summed E-state index contributed by atoms with van der Waals surface area (Å²) in [6, 6.07) is 0.321. The van der Waals surface area contributed by atoms with Gasteiger partial charge in [-0.3, -0.25) is 0 Å². The van der Waals surface area contributed by atoms with Gasteiger partial charge in [-0.1, -0.05) is 0 Å². The Bertz CT molecular complexity index is 940. The van der Waals surface area contributed by atoms with Gasteiger partial charge < -0.3 is 21.7 Å². The van der Waals surface area contributed by atoms with E-state index in [1.807, 2.05) is 0 Å². The highest BCUT2D eigenvalue weighted by Crippen LogP contribution is 2.44. The first-order valence-electron chi connectivity index (χ1n) is 6.71. The molecule has 27 heavy (non-hydrogen) atoms. The van der Waals surface area contributed by atoms with E-state index < -0.39 is 66.0 Å². The van der Waals surface area contributed by atoms with Gasteiger partial charge in [0.1, 0.15) is 11.5 Å². The normalized spacial score (nSPS) is 13.0. The van der Waals surface area contributed by atoms with Gasteiger partial charge in [0.15, 0.2) is 0 Å². The number of phenolic OH excluding ortho intramolecular Hbond substituents is 2. The summed E-state index contributed by atoms with van der Waals surface area (Å²) in [5, 5.41) is 19.0. The maximum Gasteiger partial charge on any atom is 0.417 e. The van der Waals surface area contributed by atoms with Gasteiger partial charge in [-0.05, 0) is 12.1 Å². The molecule has 0 saturated carbocycles. The molecule has 0 aliphatic carbocycles. The van der Waals surface area contributed by atoms with Crippen molar-refractivity contribution >= 4 is 21.2 Å². The van der Waals surface area contributed by atoms with Crippen molar-refractivity contribution in [1.29, 1.82) is 0 Å². The van der Waals surface area contributed by atoms with Crippen molar-refractivity contribution in [2.24, 2.45) is 0 Å². The summed E-state index contributed by atoms with van der Waals surface area (Å²) < 4.78 is 104. The lowest BCUT2D eigenvalue weighted by molar-refractivity contribution is -0.140. The van der Waals surface area contributed by atoms with E-state index in [2.05, 4.69) is 0 Å². The highest BCUT2D eigenvalue weighted by molar-refractivity contribution is 7.91. The minimum atomic E-state index is -5.52. The van der Waals surface area contributed by atoms with Gasteiger partial charge in [0, 0.05) is 12.1 Å². The summed E-state index contributed by atoms with van der Waals surface area (Å²) in [6.45, 7) is 0. The summed E-state index contributed by atoms with van der Waals surface area (Å²) in [5.41, 5.74) is 4.81. The van der Waals surface area contributed by atoms with Crippen LogP contribution in [0.15, 0.2) is 34.1 Å². The average molecular weight is 416 g/mol. The molecule has 13 heteroatoms. The molecule has 148 valence electrons. The number of aromatic hydroxyl groups is 2.